The van der Waals surface area contributed by atoms with Crippen LogP contribution in [0.3, 0.4) is 0 Å². The Hall–Kier alpha value is -2.60. The molecule has 0 heteroatoms. The molecule has 0 bridgehead atoms. The lowest BCUT2D eigenvalue weighted by Gasteiger charge is -2.14. The highest BCUT2D eigenvalue weighted by Crippen LogP contribution is 2.44. The molecule has 0 amide bonds. The van der Waals surface area contributed by atoms with E-state index in [0.29, 0.717) is 0 Å². The summed E-state index contributed by atoms with van der Waals surface area (Å²) in [6.45, 7) is 4.53. The molecular formula is C25H24. The van der Waals surface area contributed by atoms with E-state index < -0.39 is 0 Å². The fraction of sp³-hybridized carbons (Fsp3) is 0.200. The van der Waals surface area contributed by atoms with Crippen molar-refractivity contribution in [3.63, 3.8) is 0 Å². The number of rotatable bonds is 4. The van der Waals surface area contributed by atoms with Crippen molar-refractivity contribution in [3.05, 3.63) is 106 Å². The van der Waals surface area contributed by atoms with Crippen molar-refractivity contribution in [2.45, 2.75) is 33.1 Å². The van der Waals surface area contributed by atoms with Gasteiger partial charge in [-0.25, -0.2) is 0 Å². The van der Waals surface area contributed by atoms with E-state index in [4.69, 9.17) is 0 Å². The number of benzene rings is 3. The summed E-state index contributed by atoms with van der Waals surface area (Å²) < 4.78 is 0. The largest absolute Gasteiger partial charge is 0.0622 e. The SMILES string of the molecule is CCc1cc(CC)c2c(c1)CC(c1ccccc1)=C2c1ccccc1. The van der Waals surface area contributed by atoms with Gasteiger partial charge >= 0.3 is 0 Å². The van der Waals surface area contributed by atoms with E-state index >= 15 is 0 Å². The van der Waals surface area contributed by atoms with Gasteiger partial charge in [0.1, 0.15) is 0 Å². The van der Waals surface area contributed by atoms with Gasteiger partial charge in [-0.05, 0) is 63.8 Å². The maximum absolute atomic E-state index is 2.42. The van der Waals surface area contributed by atoms with Crippen molar-refractivity contribution >= 4 is 11.1 Å². The topological polar surface area (TPSA) is 0 Å². The van der Waals surface area contributed by atoms with E-state index in [1.807, 2.05) is 0 Å². The molecule has 0 spiro atoms. The molecule has 0 heterocycles. The van der Waals surface area contributed by atoms with Crippen LogP contribution in [0.1, 0.15) is 47.2 Å². The van der Waals surface area contributed by atoms with Crippen molar-refractivity contribution in [2.75, 3.05) is 0 Å². The molecule has 1 aliphatic carbocycles. The highest BCUT2D eigenvalue weighted by atomic mass is 14.3. The molecule has 0 aromatic heterocycles. The van der Waals surface area contributed by atoms with Crippen molar-refractivity contribution in [1.29, 1.82) is 0 Å². The molecule has 0 fully saturated rings. The molecule has 0 nitrogen and oxygen atoms in total. The van der Waals surface area contributed by atoms with E-state index in [-0.39, 0.29) is 0 Å². The Kier molecular flexibility index (Phi) is 4.28. The average Bonchev–Trinajstić information content (AvgIpc) is 3.08. The minimum absolute atomic E-state index is 1.03. The van der Waals surface area contributed by atoms with E-state index in [2.05, 4.69) is 86.6 Å². The minimum atomic E-state index is 1.03. The lowest BCUT2D eigenvalue weighted by molar-refractivity contribution is 1.06. The van der Waals surface area contributed by atoms with Gasteiger partial charge in [0.2, 0.25) is 0 Å². The van der Waals surface area contributed by atoms with Crippen molar-refractivity contribution in [1.82, 2.24) is 0 Å². The van der Waals surface area contributed by atoms with Crippen LogP contribution in [-0.2, 0) is 19.3 Å². The highest BCUT2D eigenvalue weighted by Gasteiger charge is 2.26. The molecule has 0 radical (unpaired) electrons. The first-order chi connectivity index (χ1) is 12.3. The van der Waals surface area contributed by atoms with Gasteiger partial charge in [0.15, 0.2) is 0 Å². The second-order valence-electron chi connectivity index (χ2n) is 6.76. The summed E-state index contributed by atoms with van der Waals surface area (Å²) in [7, 11) is 0. The second kappa shape index (κ2) is 6.72. The zero-order valence-corrected chi connectivity index (χ0v) is 15.0. The normalized spacial score (nSPS) is 13.2. The fourth-order valence-electron chi connectivity index (χ4n) is 4.02. The molecule has 25 heavy (non-hydrogen) atoms. The van der Waals surface area contributed by atoms with Gasteiger partial charge in [-0.1, -0.05) is 86.6 Å². The second-order valence-corrected chi connectivity index (χ2v) is 6.76. The summed E-state index contributed by atoms with van der Waals surface area (Å²) in [5.41, 5.74) is 11.5. The Balaban J connectivity index is 1.99. The summed E-state index contributed by atoms with van der Waals surface area (Å²) in [6.07, 6.45) is 3.21. The van der Waals surface area contributed by atoms with Gasteiger partial charge < -0.3 is 0 Å². The highest BCUT2D eigenvalue weighted by molar-refractivity contribution is 6.04. The van der Waals surface area contributed by atoms with Crippen LogP contribution < -0.4 is 0 Å². The standard InChI is InChI=1S/C25H24/c1-3-18-15-19(4-2)24-22(16-18)17-23(20-11-7-5-8-12-20)25(24)21-13-9-6-10-14-21/h5-16H,3-4,17H2,1-2H3. The molecule has 0 aliphatic heterocycles. The number of hydrogen-bond donors (Lipinski definition) is 0. The number of aryl methyl sites for hydroxylation is 2. The first-order valence-electron chi connectivity index (χ1n) is 9.30. The number of fused-ring (bicyclic) bond motifs is 1. The average molecular weight is 324 g/mol. The molecule has 124 valence electrons. The van der Waals surface area contributed by atoms with Crippen molar-refractivity contribution in [2.24, 2.45) is 0 Å². The fourth-order valence-corrected chi connectivity index (χ4v) is 4.02. The van der Waals surface area contributed by atoms with Crippen LogP contribution in [0.5, 0.6) is 0 Å². The summed E-state index contributed by atoms with van der Waals surface area (Å²) in [5.74, 6) is 0. The first-order valence-corrected chi connectivity index (χ1v) is 9.30. The Bertz CT molecular complexity index is 915. The van der Waals surface area contributed by atoms with E-state index in [9.17, 15) is 0 Å². The maximum atomic E-state index is 2.42. The Morgan fingerprint density at radius 3 is 1.96 bits per heavy atom. The third-order valence-corrected chi connectivity index (χ3v) is 5.25. The van der Waals surface area contributed by atoms with Gasteiger partial charge in [-0.3, -0.25) is 0 Å². The van der Waals surface area contributed by atoms with Crippen LogP contribution >= 0.6 is 0 Å². The summed E-state index contributed by atoms with van der Waals surface area (Å²) >= 11 is 0. The molecule has 1 aliphatic rings. The van der Waals surface area contributed by atoms with Gasteiger partial charge in [0.05, 0.1) is 0 Å². The van der Waals surface area contributed by atoms with Crippen molar-refractivity contribution in [3.8, 4) is 0 Å². The quantitative estimate of drug-likeness (QED) is 0.526. The van der Waals surface area contributed by atoms with E-state index in [1.165, 1.54) is 44.5 Å². The van der Waals surface area contributed by atoms with Crippen LogP contribution in [-0.4, -0.2) is 0 Å². The molecule has 0 saturated heterocycles. The van der Waals surface area contributed by atoms with Crippen LogP contribution in [0.2, 0.25) is 0 Å². The third-order valence-electron chi connectivity index (χ3n) is 5.25. The van der Waals surface area contributed by atoms with E-state index in [0.717, 1.165) is 19.3 Å². The zero-order chi connectivity index (χ0) is 17.2. The molecule has 3 aromatic carbocycles. The molecule has 0 N–H and O–H groups in total. The predicted octanol–water partition coefficient (Wildman–Crippen LogP) is 6.33. The van der Waals surface area contributed by atoms with Gasteiger partial charge in [-0.2, -0.15) is 0 Å². The lowest BCUT2D eigenvalue weighted by Crippen LogP contribution is -1.97. The van der Waals surface area contributed by atoms with Crippen molar-refractivity contribution < 1.29 is 0 Å². The number of hydrogen-bond acceptors (Lipinski definition) is 0. The number of allylic oxidation sites excluding steroid dienone is 1. The van der Waals surface area contributed by atoms with Crippen LogP contribution in [0.25, 0.3) is 11.1 Å². The molecule has 3 aromatic rings. The molecule has 0 atom stereocenters. The predicted molar refractivity (Wildman–Crippen MR) is 108 cm³/mol. The third kappa shape index (κ3) is 2.82. The monoisotopic (exact) mass is 324 g/mol. The smallest absolute Gasteiger partial charge is 0.000708 e. The Labute approximate surface area is 150 Å². The Morgan fingerprint density at radius 2 is 1.36 bits per heavy atom. The van der Waals surface area contributed by atoms with Gasteiger partial charge in [0, 0.05) is 0 Å². The summed E-state index contributed by atoms with van der Waals surface area (Å²) in [6, 6.07) is 26.6. The Morgan fingerprint density at radius 1 is 0.720 bits per heavy atom. The van der Waals surface area contributed by atoms with Crippen LogP contribution in [0.4, 0.5) is 0 Å². The van der Waals surface area contributed by atoms with Gasteiger partial charge in [0.25, 0.3) is 0 Å². The van der Waals surface area contributed by atoms with Gasteiger partial charge in [-0.15, -0.1) is 0 Å². The zero-order valence-electron chi connectivity index (χ0n) is 15.0. The summed E-state index contributed by atoms with van der Waals surface area (Å²) in [4.78, 5) is 0. The molecule has 4 rings (SSSR count). The van der Waals surface area contributed by atoms with E-state index in [1.54, 1.807) is 0 Å². The van der Waals surface area contributed by atoms with Crippen LogP contribution in [0.15, 0.2) is 72.8 Å². The maximum Gasteiger partial charge on any atom is -0.000708 e. The minimum Gasteiger partial charge on any atom is -0.0622 e. The van der Waals surface area contributed by atoms with Crippen LogP contribution in [0, 0.1) is 0 Å². The molecule has 0 unspecified atom stereocenters. The summed E-state index contributed by atoms with van der Waals surface area (Å²) in [5, 5.41) is 0. The molecule has 0 saturated carbocycles. The molecular weight excluding hydrogens is 300 g/mol. The first kappa shape index (κ1) is 15.9. The lowest BCUT2D eigenvalue weighted by atomic mass is 9.90.